The Bertz CT molecular complexity index is 637. The lowest BCUT2D eigenvalue weighted by Crippen LogP contribution is -2.37. The number of benzene rings is 1. The van der Waals surface area contributed by atoms with Crippen molar-refractivity contribution in [2.24, 2.45) is 0 Å². The molecule has 1 saturated heterocycles. The first-order valence-corrected chi connectivity index (χ1v) is 8.17. The largest absolute Gasteiger partial charge is 0.352 e. The number of halogens is 1. The molecule has 0 bridgehead atoms. The molecule has 1 aliphatic heterocycles. The number of hydrogen-bond acceptors (Lipinski definition) is 4. The van der Waals surface area contributed by atoms with Gasteiger partial charge in [0.1, 0.15) is 5.01 Å². The molecule has 6 heteroatoms. The lowest BCUT2D eigenvalue weighted by molar-refractivity contribution is -0.121. The zero-order chi connectivity index (χ0) is 14.7. The molecule has 1 amide bonds. The molecule has 0 radical (unpaired) electrons. The van der Waals surface area contributed by atoms with Crippen LogP contribution in [0.15, 0.2) is 29.6 Å². The van der Waals surface area contributed by atoms with Gasteiger partial charge in [-0.15, -0.1) is 11.3 Å². The first-order chi connectivity index (χ1) is 10.2. The number of nitrogens with zero attached hydrogens (tertiary/aromatic N) is 1. The van der Waals surface area contributed by atoms with Gasteiger partial charge in [0, 0.05) is 23.5 Å². The number of carbonyl (C=O) groups excluding carboxylic acids is 1. The molecule has 1 unspecified atom stereocenters. The van der Waals surface area contributed by atoms with Crippen LogP contribution < -0.4 is 10.6 Å². The molecule has 3 rings (SSSR count). The summed E-state index contributed by atoms with van der Waals surface area (Å²) < 4.78 is 0. The van der Waals surface area contributed by atoms with Crippen molar-refractivity contribution in [2.45, 2.75) is 18.9 Å². The summed E-state index contributed by atoms with van der Waals surface area (Å²) in [5.74, 6) is 0.0275. The molecule has 2 N–H and O–H groups in total. The van der Waals surface area contributed by atoms with Crippen LogP contribution in [0.25, 0.3) is 10.6 Å². The van der Waals surface area contributed by atoms with E-state index in [9.17, 15) is 4.79 Å². The second-order valence-electron chi connectivity index (χ2n) is 5.06. The van der Waals surface area contributed by atoms with Crippen LogP contribution in [0.1, 0.15) is 12.1 Å². The Balaban J connectivity index is 1.65. The summed E-state index contributed by atoms with van der Waals surface area (Å²) in [6.45, 7) is 1.83. The van der Waals surface area contributed by atoms with Crippen LogP contribution >= 0.6 is 22.9 Å². The number of hydrogen-bond donors (Lipinski definition) is 2. The van der Waals surface area contributed by atoms with Gasteiger partial charge in [0.2, 0.25) is 5.91 Å². The van der Waals surface area contributed by atoms with Gasteiger partial charge in [-0.3, -0.25) is 4.79 Å². The fraction of sp³-hybridized carbons (Fsp3) is 0.333. The molecule has 4 nitrogen and oxygen atoms in total. The zero-order valence-electron chi connectivity index (χ0n) is 11.4. The van der Waals surface area contributed by atoms with Crippen LogP contribution in [0.5, 0.6) is 0 Å². The first-order valence-electron chi connectivity index (χ1n) is 6.92. The van der Waals surface area contributed by atoms with Gasteiger partial charge in [-0.25, -0.2) is 4.98 Å². The molecule has 1 fully saturated rings. The Kier molecular flexibility index (Phi) is 4.53. The van der Waals surface area contributed by atoms with Crippen LogP contribution in [-0.4, -0.2) is 30.0 Å². The van der Waals surface area contributed by atoms with Crippen LogP contribution in [0.3, 0.4) is 0 Å². The number of thiazole rings is 1. The molecule has 0 aliphatic carbocycles. The van der Waals surface area contributed by atoms with Crippen LogP contribution in [0.2, 0.25) is 5.02 Å². The molecule has 0 spiro atoms. The molecule has 1 aromatic carbocycles. The minimum absolute atomic E-state index is 0.0275. The molecular formula is C15H16ClN3OS. The van der Waals surface area contributed by atoms with E-state index in [1.165, 1.54) is 11.3 Å². The van der Waals surface area contributed by atoms with E-state index in [1.54, 1.807) is 0 Å². The van der Waals surface area contributed by atoms with Crippen molar-refractivity contribution in [3.05, 3.63) is 40.4 Å². The molecule has 1 aromatic heterocycles. The van der Waals surface area contributed by atoms with Gasteiger partial charge in [0.05, 0.1) is 17.1 Å². The van der Waals surface area contributed by atoms with Gasteiger partial charge in [0.25, 0.3) is 0 Å². The third-order valence-electron chi connectivity index (χ3n) is 3.42. The summed E-state index contributed by atoms with van der Waals surface area (Å²) in [4.78, 5) is 16.5. The highest BCUT2D eigenvalue weighted by molar-refractivity contribution is 7.13. The third kappa shape index (κ3) is 3.61. The van der Waals surface area contributed by atoms with Crippen molar-refractivity contribution < 1.29 is 4.79 Å². The predicted molar refractivity (Wildman–Crippen MR) is 85.7 cm³/mol. The summed E-state index contributed by atoms with van der Waals surface area (Å²) in [5, 5.41) is 9.71. The van der Waals surface area contributed by atoms with Crippen LogP contribution in [0.4, 0.5) is 0 Å². The second-order valence-corrected chi connectivity index (χ2v) is 6.32. The topological polar surface area (TPSA) is 54.0 Å². The Morgan fingerprint density at radius 3 is 3.10 bits per heavy atom. The SMILES string of the molecule is O=C(Cc1csc(-c2ccccc2Cl)n1)NC1CCNC1. The van der Waals surface area contributed by atoms with E-state index in [1.807, 2.05) is 29.6 Å². The fourth-order valence-corrected chi connectivity index (χ4v) is 3.51. The van der Waals surface area contributed by atoms with E-state index in [0.717, 1.165) is 35.8 Å². The number of amides is 1. The maximum atomic E-state index is 12.0. The Labute approximate surface area is 132 Å². The summed E-state index contributed by atoms with van der Waals surface area (Å²) in [6.07, 6.45) is 1.31. The van der Waals surface area contributed by atoms with E-state index >= 15 is 0 Å². The molecule has 0 saturated carbocycles. The summed E-state index contributed by atoms with van der Waals surface area (Å²) in [5.41, 5.74) is 1.70. The van der Waals surface area contributed by atoms with Gasteiger partial charge >= 0.3 is 0 Å². The molecule has 1 aliphatic rings. The van der Waals surface area contributed by atoms with Gasteiger partial charge in [0.15, 0.2) is 0 Å². The lowest BCUT2D eigenvalue weighted by atomic mass is 10.2. The molecule has 1 atom stereocenters. The normalized spacial score (nSPS) is 17.9. The van der Waals surface area contributed by atoms with E-state index in [0.29, 0.717) is 11.4 Å². The van der Waals surface area contributed by atoms with Gasteiger partial charge in [-0.05, 0) is 19.0 Å². The monoisotopic (exact) mass is 321 g/mol. The van der Waals surface area contributed by atoms with Crippen molar-refractivity contribution in [3.8, 4) is 10.6 Å². The van der Waals surface area contributed by atoms with Gasteiger partial charge < -0.3 is 10.6 Å². The lowest BCUT2D eigenvalue weighted by Gasteiger charge is -2.10. The van der Waals surface area contributed by atoms with E-state index in [2.05, 4.69) is 15.6 Å². The average Bonchev–Trinajstić information content (AvgIpc) is 3.11. The van der Waals surface area contributed by atoms with Crippen molar-refractivity contribution >= 4 is 28.8 Å². The molecule has 21 heavy (non-hydrogen) atoms. The maximum Gasteiger partial charge on any atom is 0.226 e. The van der Waals surface area contributed by atoms with Gasteiger partial charge in [-0.2, -0.15) is 0 Å². The van der Waals surface area contributed by atoms with Crippen LogP contribution in [0, 0.1) is 0 Å². The van der Waals surface area contributed by atoms with Crippen molar-refractivity contribution in [2.75, 3.05) is 13.1 Å². The highest BCUT2D eigenvalue weighted by atomic mass is 35.5. The smallest absolute Gasteiger partial charge is 0.226 e. The van der Waals surface area contributed by atoms with Crippen molar-refractivity contribution in [3.63, 3.8) is 0 Å². The summed E-state index contributed by atoms with van der Waals surface area (Å²) >= 11 is 7.68. The predicted octanol–water partition coefficient (Wildman–Crippen LogP) is 2.48. The van der Waals surface area contributed by atoms with Crippen molar-refractivity contribution in [1.82, 2.24) is 15.6 Å². The molecular weight excluding hydrogens is 306 g/mol. The average molecular weight is 322 g/mol. The number of aromatic nitrogens is 1. The number of nitrogens with one attached hydrogen (secondary N) is 2. The van der Waals surface area contributed by atoms with Crippen LogP contribution in [-0.2, 0) is 11.2 Å². The minimum atomic E-state index is 0.0275. The summed E-state index contributed by atoms with van der Waals surface area (Å²) in [6, 6.07) is 7.86. The minimum Gasteiger partial charge on any atom is -0.352 e. The quantitative estimate of drug-likeness (QED) is 0.909. The Morgan fingerprint density at radius 1 is 1.48 bits per heavy atom. The third-order valence-corrected chi connectivity index (χ3v) is 4.68. The number of rotatable bonds is 4. The molecule has 2 heterocycles. The second kappa shape index (κ2) is 6.56. The Hall–Kier alpha value is -1.43. The summed E-state index contributed by atoms with van der Waals surface area (Å²) in [7, 11) is 0. The maximum absolute atomic E-state index is 12.0. The Morgan fingerprint density at radius 2 is 2.33 bits per heavy atom. The first kappa shape index (κ1) is 14.5. The molecule has 110 valence electrons. The van der Waals surface area contributed by atoms with Gasteiger partial charge in [-0.1, -0.05) is 29.8 Å². The van der Waals surface area contributed by atoms with E-state index < -0.39 is 0 Å². The highest BCUT2D eigenvalue weighted by Gasteiger charge is 2.17. The zero-order valence-corrected chi connectivity index (χ0v) is 13.0. The highest BCUT2D eigenvalue weighted by Crippen LogP contribution is 2.30. The van der Waals surface area contributed by atoms with E-state index in [-0.39, 0.29) is 11.9 Å². The molecule has 2 aromatic rings. The van der Waals surface area contributed by atoms with E-state index in [4.69, 9.17) is 11.6 Å². The number of carbonyl (C=O) groups is 1. The van der Waals surface area contributed by atoms with Crippen molar-refractivity contribution in [1.29, 1.82) is 0 Å². The fourth-order valence-electron chi connectivity index (χ4n) is 2.37. The standard InChI is InChI=1S/C15H16ClN3OS/c16-13-4-2-1-3-12(13)15-19-11(9-21-15)7-14(20)18-10-5-6-17-8-10/h1-4,9-10,17H,5-8H2,(H,18,20).